The molecule has 22 heavy (non-hydrogen) atoms. The Hall–Kier alpha value is -2.49. The van der Waals surface area contributed by atoms with E-state index in [0.717, 1.165) is 5.56 Å². The smallest absolute Gasteiger partial charge is 0.254 e. The summed E-state index contributed by atoms with van der Waals surface area (Å²) in [6.07, 6.45) is 0. The van der Waals surface area contributed by atoms with E-state index in [4.69, 9.17) is 9.47 Å². The normalized spacial score (nSPS) is 10.2. The third-order valence-electron chi connectivity index (χ3n) is 3.65. The van der Waals surface area contributed by atoms with E-state index in [1.54, 1.807) is 44.4 Å². The lowest BCUT2D eigenvalue weighted by atomic mass is 10.1. The molecule has 0 aliphatic rings. The number of nitrogens with zero attached hydrogens (tertiary/aromatic N) is 1. The molecule has 2 aromatic carbocycles. The number of benzene rings is 2. The van der Waals surface area contributed by atoms with Crippen molar-refractivity contribution in [1.82, 2.24) is 4.90 Å². The predicted molar refractivity (Wildman–Crippen MR) is 86.5 cm³/mol. The lowest BCUT2D eigenvalue weighted by Gasteiger charge is -2.19. The van der Waals surface area contributed by atoms with Crippen LogP contribution in [0.5, 0.6) is 11.5 Å². The number of methoxy groups -OCH3 is 2. The van der Waals surface area contributed by atoms with Crippen molar-refractivity contribution in [3.63, 3.8) is 0 Å². The quantitative estimate of drug-likeness (QED) is 0.850. The van der Waals surface area contributed by atoms with Crippen LogP contribution in [0.3, 0.4) is 0 Å². The molecule has 0 aliphatic heterocycles. The first-order valence-electron chi connectivity index (χ1n) is 7.08. The molecule has 0 aliphatic carbocycles. The van der Waals surface area contributed by atoms with E-state index < -0.39 is 0 Å². The van der Waals surface area contributed by atoms with Crippen molar-refractivity contribution in [1.29, 1.82) is 0 Å². The van der Waals surface area contributed by atoms with Gasteiger partial charge in [-0.3, -0.25) is 4.79 Å². The van der Waals surface area contributed by atoms with Crippen LogP contribution >= 0.6 is 0 Å². The highest BCUT2D eigenvalue weighted by Gasteiger charge is 2.15. The second-order valence-corrected chi connectivity index (χ2v) is 5.16. The van der Waals surface area contributed by atoms with Gasteiger partial charge in [0.2, 0.25) is 0 Å². The summed E-state index contributed by atoms with van der Waals surface area (Å²) in [5, 5.41) is 0. The Labute approximate surface area is 131 Å². The summed E-state index contributed by atoms with van der Waals surface area (Å²) in [5.41, 5.74) is 2.89. The van der Waals surface area contributed by atoms with E-state index in [-0.39, 0.29) is 5.91 Å². The van der Waals surface area contributed by atoms with E-state index in [1.165, 1.54) is 5.56 Å². The molecule has 0 aromatic heterocycles. The van der Waals surface area contributed by atoms with Crippen LogP contribution in [-0.2, 0) is 6.54 Å². The molecular weight excluding hydrogens is 278 g/mol. The summed E-state index contributed by atoms with van der Waals surface area (Å²) in [7, 11) is 4.93. The lowest BCUT2D eigenvalue weighted by Crippen LogP contribution is -2.26. The third-order valence-corrected chi connectivity index (χ3v) is 3.65. The van der Waals surface area contributed by atoms with E-state index in [1.807, 2.05) is 31.2 Å². The van der Waals surface area contributed by atoms with Crippen LogP contribution in [0.4, 0.5) is 0 Å². The van der Waals surface area contributed by atoms with Gasteiger partial charge in [-0.1, -0.05) is 24.3 Å². The van der Waals surface area contributed by atoms with E-state index >= 15 is 0 Å². The fourth-order valence-electron chi connectivity index (χ4n) is 2.30. The van der Waals surface area contributed by atoms with Crippen molar-refractivity contribution >= 4 is 5.91 Å². The number of carbonyl (C=O) groups excluding carboxylic acids is 1. The Kier molecular flexibility index (Phi) is 5.04. The highest BCUT2D eigenvalue weighted by molar-refractivity contribution is 5.94. The molecule has 0 fully saturated rings. The molecule has 1 amide bonds. The van der Waals surface area contributed by atoms with E-state index in [9.17, 15) is 4.79 Å². The number of rotatable bonds is 5. The monoisotopic (exact) mass is 299 g/mol. The Morgan fingerprint density at radius 2 is 1.73 bits per heavy atom. The number of hydrogen-bond acceptors (Lipinski definition) is 3. The van der Waals surface area contributed by atoms with Gasteiger partial charge in [0.05, 0.1) is 14.2 Å². The van der Waals surface area contributed by atoms with Crippen molar-refractivity contribution in [2.24, 2.45) is 0 Å². The van der Waals surface area contributed by atoms with Crippen LogP contribution in [0.2, 0.25) is 0 Å². The summed E-state index contributed by atoms with van der Waals surface area (Å²) in [5.74, 6) is 1.11. The molecule has 4 heteroatoms. The van der Waals surface area contributed by atoms with Gasteiger partial charge >= 0.3 is 0 Å². The second kappa shape index (κ2) is 6.98. The van der Waals surface area contributed by atoms with Gasteiger partial charge < -0.3 is 14.4 Å². The van der Waals surface area contributed by atoms with Gasteiger partial charge in [0.15, 0.2) is 11.5 Å². The first-order valence-corrected chi connectivity index (χ1v) is 7.08. The highest BCUT2D eigenvalue weighted by Crippen LogP contribution is 2.28. The maximum atomic E-state index is 12.6. The summed E-state index contributed by atoms with van der Waals surface area (Å²) in [4.78, 5) is 14.3. The molecule has 2 rings (SSSR count). The first-order chi connectivity index (χ1) is 10.6. The highest BCUT2D eigenvalue weighted by atomic mass is 16.5. The first kappa shape index (κ1) is 15.9. The molecule has 0 heterocycles. The lowest BCUT2D eigenvalue weighted by molar-refractivity contribution is 0.0784. The minimum Gasteiger partial charge on any atom is -0.493 e. The largest absolute Gasteiger partial charge is 0.493 e. The van der Waals surface area contributed by atoms with Crippen LogP contribution < -0.4 is 9.47 Å². The average Bonchev–Trinajstić information content (AvgIpc) is 2.55. The molecule has 116 valence electrons. The minimum absolute atomic E-state index is 0.0517. The molecule has 0 saturated carbocycles. The van der Waals surface area contributed by atoms with E-state index in [2.05, 4.69) is 0 Å². The molecule has 0 spiro atoms. The molecule has 2 aromatic rings. The van der Waals surface area contributed by atoms with Gasteiger partial charge in [0.25, 0.3) is 5.91 Å². The summed E-state index contributed by atoms with van der Waals surface area (Å²) in [6, 6.07) is 13.3. The SMILES string of the molecule is COc1ccc(C(=O)N(C)Cc2ccccc2C)cc1OC. The summed E-state index contributed by atoms with van der Waals surface area (Å²) in [6.45, 7) is 2.61. The number of carbonyl (C=O) groups is 1. The van der Waals surface area contributed by atoms with Crippen LogP contribution in [0.15, 0.2) is 42.5 Å². The van der Waals surface area contributed by atoms with Crippen molar-refractivity contribution in [3.8, 4) is 11.5 Å². The van der Waals surface area contributed by atoms with Gasteiger partial charge in [-0.25, -0.2) is 0 Å². The Balaban J connectivity index is 2.19. The topological polar surface area (TPSA) is 38.8 Å². The maximum absolute atomic E-state index is 12.6. The molecule has 4 nitrogen and oxygen atoms in total. The van der Waals surface area contributed by atoms with Crippen LogP contribution in [0.25, 0.3) is 0 Å². The van der Waals surface area contributed by atoms with Crippen molar-refractivity contribution < 1.29 is 14.3 Å². The van der Waals surface area contributed by atoms with E-state index in [0.29, 0.717) is 23.6 Å². The minimum atomic E-state index is -0.0517. The molecule has 0 radical (unpaired) electrons. The number of amides is 1. The Morgan fingerprint density at radius 1 is 1.05 bits per heavy atom. The van der Waals surface area contributed by atoms with Gasteiger partial charge in [-0.05, 0) is 36.2 Å². The molecule has 0 bridgehead atoms. The molecule has 0 atom stereocenters. The van der Waals surface area contributed by atoms with Crippen molar-refractivity contribution in [3.05, 3.63) is 59.2 Å². The Bertz CT molecular complexity index is 667. The van der Waals surface area contributed by atoms with Crippen LogP contribution in [0, 0.1) is 6.92 Å². The van der Waals surface area contributed by atoms with Gasteiger partial charge in [0, 0.05) is 19.2 Å². The fourth-order valence-corrected chi connectivity index (χ4v) is 2.30. The summed E-state index contributed by atoms with van der Waals surface area (Å²) < 4.78 is 10.4. The number of hydrogen-bond donors (Lipinski definition) is 0. The molecular formula is C18H21NO3. The zero-order chi connectivity index (χ0) is 16.1. The van der Waals surface area contributed by atoms with Gasteiger partial charge in [0.1, 0.15) is 0 Å². The zero-order valence-corrected chi connectivity index (χ0v) is 13.4. The van der Waals surface area contributed by atoms with Crippen molar-refractivity contribution in [2.45, 2.75) is 13.5 Å². The Morgan fingerprint density at radius 3 is 2.36 bits per heavy atom. The zero-order valence-electron chi connectivity index (χ0n) is 13.4. The molecule has 0 N–H and O–H groups in total. The summed E-state index contributed by atoms with van der Waals surface area (Å²) >= 11 is 0. The van der Waals surface area contributed by atoms with Gasteiger partial charge in [-0.2, -0.15) is 0 Å². The number of aryl methyl sites for hydroxylation is 1. The van der Waals surface area contributed by atoms with Crippen molar-refractivity contribution in [2.75, 3.05) is 21.3 Å². The maximum Gasteiger partial charge on any atom is 0.254 e. The third kappa shape index (κ3) is 3.39. The predicted octanol–water partition coefficient (Wildman–Crippen LogP) is 3.28. The molecule has 0 unspecified atom stereocenters. The standard InChI is InChI=1S/C18H21NO3/c1-13-7-5-6-8-15(13)12-19(2)18(20)14-9-10-16(21-3)17(11-14)22-4/h5-11H,12H2,1-4H3. The number of ether oxygens (including phenoxy) is 2. The fraction of sp³-hybridized carbons (Fsp3) is 0.278. The molecule has 0 saturated heterocycles. The second-order valence-electron chi connectivity index (χ2n) is 5.16. The van der Waals surface area contributed by atoms with Crippen LogP contribution in [0.1, 0.15) is 21.5 Å². The van der Waals surface area contributed by atoms with Crippen LogP contribution in [-0.4, -0.2) is 32.1 Å². The average molecular weight is 299 g/mol. The van der Waals surface area contributed by atoms with Gasteiger partial charge in [-0.15, -0.1) is 0 Å².